The number of benzene rings is 2. The summed E-state index contributed by atoms with van der Waals surface area (Å²) < 4.78 is 5.34. The van der Waals surface area contributed by atoms with Gasteiger partial charge in [0.1, 0.15) is 5.75 Å². The van der Waals surface area contributed by atoms with Crippen LogP contribution in [0.15, 0.2) is 54.6 Å². The number of carbonyl (C=O) groups excluding carboxylic acids is 1. The molecule has 0 saturated carbocycles. The van der Waals surface area contributed by atoms with Gasteiger partial charge in [-0.1, -0.05) is 36.4 Å². The van der Waals surface area contributed by atoms with Gasteiger partial charge in [0.05, 0.1) is 11.0 Å². The van der Waals surface area contributed by atoms with Gasteiger partial charge >= 0.3 is 0 Å². The summed E-state index contributed by atoms with van der Waals surface area (Å²) in [5, 5.41) is 13.6. The number of carbonyl (C=O) groups is 1. The fourth-order valence-corrected chi connectivity index (χ4v) is 3.25. The number of non-ortho nitro benzene ring substituents is 1. The molecule has 0 aliphatic carbocycles. The fourth-order valence-electron chi connectivity index (χ4n) is 3.25. The molecule has 1 heterocycles. The van der Waals surface area contributed by atoms with E-state index in [1.807, 2.05) is 6.07 Å². The van der Waals surface area contributed by atoms with Crippen molar-refractivity contribution in [3.63, 3.8) is 0 Å². The monoisotopic (exact) mass is 398 g/mol. The molecule has 1 saturated heterocycles. The molecule has 1 N–H and O–H groups in total. The Morgan fingerprint density at radius 3 is 2.48 bits per heavy atom. The van der Waals surface area contributed by atoms with E-state index < -0.39 is 4.92 Å². The first-order chi connectivity index (χ1) is 14.1. The highest BCUT2D eigenvalue weighted by Crippen LogP contribution is 2.18. The van der Waals surface area contributed by atoms with Crippen LogP contribution in [0.2, 0.25) is 0 Å². The van der Waals surface area contributed by atoms with E-state index in [1.54, 1.807) is 6.07 Å². The lowest BCUT2D eigenvalue weighted by atomic mass is 10.2. The topological polar surface area (TPSA) is 87.9 Å². The second kappa shape index (κ2) is 10.5. The molecule has 8 nitrogen and oxygen atoms in total. The SMILES string of the molecule is O=C(COc1cccc([N+](=O)[O-])c1)NCCN1CCN(Cc2ccccc2)CC1. The number of nitro benzene ring substituents is 1. The van der Waals surface area contributed by atoms with E-state index >= 15 is 0 Å². The number of hydrogen-bond donors (Lipinski definition) is 1. The third-order valence-corrected chi connectivity index (χ3v) is 4.86. The summed E-state index contributed by atoms with van der Waals surface area (Å²) in [5.74, 6) is 0.0723. The third-order valence-electron chi connectivity index (χ3n) is 4.86. The molecule has 8 heteroatoms. The summed E-state index contributed by atoms with van der Waals surface area (Å²) in [5.41, 5.74) is 1.27. The first-order valence-electron chi connectivity index (χ1n) is 9.73. The smallest absolute Gasteiger partial charge is 0.273 e. The second-order valence-electron chi connectivity index (χ2n) is 7.00. The largest absolute Gasteiger partial charge is 0.484 e. The van der Waals surface area contributed by atoms with Gasteiger partial charge in [-0.2, -0.15) is 0 Å². The number of piperazine rings is 1. The lowest BCUT2D eigenvalue weighted by Crippen LogP contribution is -2.48. The fraction of sp³-hybridized carbons (Fsp3) is 0.381. The Bertz CT molecular complexity index is 807. The van der Waals surface area contributed by atoms with E-state index in [4.69, 9.17) is 4.74 Å². The van der Waals surface area contributed by atoms with E-state index in [9.17, 15) is 14.9 Å². The van der Waals surface area contributed by atoms with Crippen molar-refractivity contribution in [3.05, 3.63) is 70.3 Å². The van der Waals surface area contributed by atoms with E-state index in [-0.39, 0.29) is 18.2 Å². The molecule has 1 amide bonds. The van der Waals surface area contributed by atoms with Crippen molar-refractivity contribution in [2.45, 2.75) is 6.54 Å². The molecule has 1 aliphatic rings. The zero-order valence-electron chi connectivity index (χ0n) is 16.3. The quantitative estimate of drug-likeness (QED) is 0.513. The molecule has 0 unspecified atom stereocenters. The van der Waals surface area contributed by atoms with Crippen molar-refractivity contribution < 1.29 is 14.5 Å². The van der Waals surface area contributed by atoms with Gasteiger partial charge in [0.2, 0.25) is 0 Å². The third kappa shape index (κ3) is 6.85. The van der Waals surface area contributed by atoms with E-state index in [2.05, 4.69) is 39.4 Å². The lowest BCUT2D eigenvalue weighted by Gasteiger charge is -2.34. The van der Waals surface area contributed by atoms with Gasteiger partial charge in [-0.25, -0.2) is 0 Å². The molecular formula is C21H26N4O4. The number of amides is 1. The van der Waals surface area contributed by atoms with Crippen LogP contribution in [-0.4, -0.2) is 66.5 Å². The van der Waals surface area contributed by atoms with E-state index in [1.165, 1.54) is 23.8 Å². The van der Waals surface area contributed by atoms with Crippen LogP contribution in [0.3, 0.4) is 0 Å². The summed E-state index contributed by atoms with van der Waals surface area (Å²) >= 11 is 0. The van der Waals surface area contributed by atoms with Gasteiger partial charge in [0, 0.05) is 51.9 Å². The maximum absolute atomic E-state index is 11.9. The molecule has 1 aliphatic heterocycles. The molecule has 0 aromatic heterocycles. The normalized spacial score (nSPS) is 15.0. The predicted octanol–water partition coefficient (Wildman–Crippen LogP) is 1.91. The highest BCUT2D eigenvalue weighted by Gasteiger charge is 2.16. The number of hydrogen-bond acceptors (Lipinski definition) is 6. The van der Waals surface area contributed by atoms with Crippen molar-refractivity contribution in [1.82, 2.24) is 15.1 Å². The van der Waals surface area contributed by atoms with Crippen LogP contribution in [0, 0.1) is 10.1 Å². The van der Waals surface area contributed by atoms with Gasteiger partial charge in [-0.15, -0.1) is 0 Å². The van der Waals surface area contributed by atoms with E-state index in [0.717, 1.165) is 39.3 Å². The summed E-state index contributed by atoms with van der Waals surface area (Å²) in [7, 11) is 0. The van der Waals surface area contributed by atoms with Crippen molar-refractivity contribution in [3.8, 4) is 5.75 Å². The van der Waals surface area contributed by atoms with Crippen LogP contribution in [-0.2, 0) is 11.3 Å². The Hall–Kier alpha value is -2.97. The summed E-state index contributed by atoms with van der Waals surface area (Å²) in [4.78, 5) is 27.0. The molecule has 154 valence electrons. The maximum Gasteiger partial charge on any atom is 0.273 e. The number of nitrogens with zero attached hydrogens (tertiary/aromatic N) is 3. The van der Waals surface area contributed by atoms with Gasteiger partial charge in [-0.05, 0) is 11.6 Å². The van der Waals surface area contributed by atoms with Gasteiger partial charge < -0.3 is 10.1 Å². The van der Waals surface area contributed by atoms with Crippen LogP contribution in [0.1, 0.15) is 5.56 Å². The van der Waals surface area contributed by atoms with Crippen LogP contribution in [0.4, 0.5) is 5.69 Å². The van der Waals surface area contributed by atoms with Crippen LogP contribution < -0.4 is 10.1 Å². The Kier molecular flexibility index (Phi) is 7.54. The number of ether oxygens (including phenoxy) is 1. The minimum Gasteiger partial charge on any atom is -0.484 e. The molecule has 0 radical (unpaired) electrons. The summed E-state index contributed by atoms with van der Waals surface area (Å²) in [6, 6.07) is 16.3. The van der Waals surface area contributed by atoms with Crippen molar-refractivity contribution in [2.75, 3.05) is 45.9 Å². The van der Waals surface area contributed by atoms with E-state index in [0.29, 0.717) is 12.3 Å². The van der Waals surface area contributed by atoms with Crippen LogP contribution in [0.25, 0.3) is 0 Å². The van der Waals surface area contributed by atoms with Crippen LogP contribution >= 0.6 is 0 Å². The molecular weight excluding hydrogens is 372 g/mol. The van der Waals surface area contributed by atoms with Crippen molar-refractivity contribution in [2.24, 2.45) is 0 Å². The average molecular weight is 398 g/mol. The lowest BCUT2D eigenvalue weighted by molar-refractivity contribution is -0.384. The zero-order valence-corrected chi connectivity index (χ0v) is 16.3. The molecule has 0 bridgehead atoms. The first kappa shape index (κ1) is 20.8. The number of rotatable bonds is 9. The first-order valence-corrected chi connectivity index (χ1v) is 9.73. The van der Waals surface area contributed by atoms with Gasteiger partial charge in [0.25, 0.3) is 11.6 Å². The van der Waals surface area contributed by atoms with Crippen molar-refractivity contribution >= 4 is 11.6 Å². The van der Waals surface area contributed by atoms with Gasteiger partial charge in [0.15, 0.2) is 6.61 Å². The highest BCUT2D eigenvalue weighted by molar-refractivity contribution is 5.77. The standard InChI is InChI=1S/C21H26N4O4/c26-21(17-29-20-8-4-7-19(15-20)25(27)28)22-9-10-23-11-13-24(14-12-23)16-18-5-2-1-3-6-18/h1-8,15H,9-14,16-17H2,(H,22,26). The average Bonchev–Trinajstić information content (AvgIpc) is 2.74. The highest BCUT2D eigenvalue weighted by atomic mass is 16.6. The number of nitro groups is 1. The molecule has 3 rings (SSSR count). The zero-order chi connectivity index (χ0) is 20.5. The second-order valence-corrected chi connectivity index (χ2v) is 7.00. The predicted molar refractivity (Wildman–Crippen MR) is 110 cm³/mol. The molecule has 2 aromatic carbocycles. The Morgan fingerprint density at radius 1 is 1.03 bits per heavy atom. The minimum absolute atomic E-state index is 0.0608. The maximum atomic E-state index is 11.9. The summed E-state index contributed by atoms with van der Waals surface area (Å²) in [6.45, 7) is 6.14. The Morgan fingerprint density at radius 2 is 1.76 bits per heavy atom. The molecule has 0 spiro atoms. The minimum atomic E-state index is -0.494. The Balaban J connectivity index is 1.30. The molecule has 0 atom stereocenters. The molecule has 1 fully saturated rings. The molecule has 29 heavy (non-hydrogen) atoms. The summed E-state index contributed by atoms with van der Waals surface area (Å²) in [6.07, 6.45) is 0. The van der Waals surface area contributed by atoms with Crippen molar-refractivity contribution in [1.29, 1.82) is 0 Å². The number of nitrogens with one attached hydrogen (secondary N) is 1. The van der Waals surface area contributed by atoms with Crippen LogP contribution in [0.5, 0.6) is 5.75 Å². The van der Waals surface area contributed by atoms with Gasteiger partial charge in [-0.3, -0.25) is 24.7 Å². The Labute approximate surface area is 170 Å². The molecule has 2 aromatic rings.